The van der Waals surface area contributed by atoms with E-state index >= 15 is 0 Å². The van der Waals surface area contributed by atoms with Crippen molar-refractivity contribution in [2.24, 2.45) is 0 Å². The second kappa shape index (κ2) is 6.31. The summed E-state index contributed by atoms with van der Waals surface area (Å²) in [6, 6.07) is 9.24. The first kappa shape index (κ1) is 15.4. The van der Waals surface area contributed by atoms with Gasteiger partial charge in [-0.3, -0.25) is 4.79 Å². The van der Waals surface area contributed by atoms with Crippen LogP contribution in [0.4, 0.5) is 0 Å². The molecule has 1 atom stereocenters. The summed E-state index contributed by atoms with van der Waals surface area (Å²) < 4.78 is 5.59. The number of aromatic nitrogens is 2. The molecule has 6 heteroatoms. The molecule has 0 saturated carbocycles. The van der Waals surface area contributed by atoms with Gasteiger partial charge in [-0.1, -0.05) is 19.1 Å². The van der Waals surface area contributed by atoms with Crippen molar-refractivity contribution in [3.05, 3.63) is 45.7 Å². The molecule has 0 fully saturated rings. The van der Waals surface area contributed by atoms with Crippen molar-refractivity contribution in [2.75, 3.05) is 0 Å². The number of nitrogens with zero attached hydrogens (tertiary/aromatic N) is 3. The number of hydrogen-bond acceptors (Lipinski definition) is 6. The monoisotopic (exact) mass is 325 g/mol. The maximum atomic E-state index is 12.7. The second-order valence-corrected chi connectivity index (χ2v) is 6.30. The van der Waals surface area contributed by atoms with Crippen LogP contribution in [0.3, 0.4) is 0 Å². The van der Waals surface area contributed by atoms with Crippen molar-refractivity contribution in [3.8, 4) is 6.07 Å². The number of fused-ring (bicyclic) bond motifs is 1. The molecule has 0 radical (unpaired) electrons. The molecule has 1 aromatic carbocycles. The number of ketones is 1. The van der Waals surface area contributed by atoms with E-state index in [1.807, 2.05) is 18.2 Å². The lowest BCUT2D eigenvalue weighted by Gasteiger charge is -2.02. The maximum Gasteiger partial charge on any atom is 0.220 e. The van der Waals surface area contributed by atoms with E-state index in [9.17, 15) is 10.1 Å². The van der Waals surface area contributed by atoms with E-state index in [0.29, 0.717) is 21.7 Å². The zero-order chi connectivity index (χ0) is 16.4. The Morgan fingerprint density at radius 2 is 2.17 bits per heavy atom. The van der Waals surface area contributed by atoms with Crippen LogP contribution in [0.2, 0.25) is 0 Å². The quantitative estimate of drug-likeness (QED) is 0.661. The molecular formula is C17H15N3O2S. The van der Waals surface area contributed by atoms with E-state index in [1.54, 1.807) is 19.1 Å². The molecule has 3 rings (SSSR count). The Morgan fingerprint density at radius 1 is 1.39 bits per heavy atom. The first-order valence-electron chi connectivity index (χ1n) is 7.39. The summed E-state index contributed by atoms with van der Waals surface area (Å²) in [5, 5.41) is 10.4. The molecule has 0 saturated heterocycles. The van der Waals surface area contributed by atoms with Crippen LogP contribution in [0.1, 0.15) is 45.5 Å². The van der Waals surface area contributed by atoms with E-state index in [2.05, 4.69) is 16.9 Å². The van der Waals surface area contributed by atoms with E-state index in [1.165, 1.54) is 11.3 Å². The first-order chi connectivity index (χ1) is 11.1. The average Bonchev–Trinajstić information content (AvgIpc) is 3.11. The summed E-state index contributed by atoms with van der Waals surface area (Å²) in [7, 11) is 0. The second-order valence-electron chi connectivity index (χ2n) is 5.22. The molecule has 2 aromatic heterocycles. The molecule has 0 bridgehead atoms. The Hall–Kier alpha value is -2.52. The molecule has 2 heterocycles. The average molecular weight is 325 g/mol. The van der Waals surface area contributed by atoms with Crippen LogP contribution in [0.25, 0.3) is 11.1 Å². The fourth-order valence-corrected chi connectivity index (χ4v) is 3.51. The van der Waals surface area contributed by atoms with Crippen LogP contribution < -0.4 is 0 Å². The SMILES string of the molecule is CCCc1nc(C)c(C(=O)[C@H](C#N)c2nc3ccccc3o2)s1. The van der Waals surface area contributed by atoms with Crippen molar-refractivity contribution >= 4 is 28.2 Å². The highest BCUT2D eigenvalue weighted by Crippen LogP contribution is 2.28. The molecule has 5 nitrogen and oxygen atoms in total. The number of carbonyl (C=O) groups is 1. The van der Waals surface area contributed by atoms with Crippen molar-refractivity contribution < 1.29 is 9.21 Å². The van der Waals surface area contributed by atoms with Crippen LogP contribution in [0.15, 0.2) is 28.7 Å². The lowest BCUT2D eigenvalue weighted by Crippen LogP contribution is -2.11. The number of hydrogen-bond donors (Lipinski definition) is 0. The van der Waals surface area contributed by atoms with Crippen LogP contribution >= 0.6 is 11.3 Å². The van der Waals surface area contributed by atoms with Gasteiger partial charge in [-0.25, -0.2) is 9.97 Å². The molecule has 23 heavy (non-hydrogen) atoms. The predicted molar refractivity (Wildman–Crippen MR) is 87.5 cm³/mol. The predicted octanol–water partition coefficient (Wildman–Crippen LogP) is 4.04. The number of oxazole rings is 1. The Balaban J connectivity index is 1.97. The zero-order valence-corrected chi connectivity index (χ0v) is 13.7. The molecule has 0 aliphatic carbocycles. The van der Waals surface area contributed by atoms with Crippen molar-refractivity contribution in [3.63, 3.8) is 0 Å². The van der Waals surface area contributed by atoms with Gasteiger partial charge in [0.05, 0.1) is 21.6 Å². The van der Waals surface area contributed by atoms with Gasteiger partial charge in [-0.2, -0.15) is 5.26 Å². The zero-order valence-electron chi connectivity index (χ0n) is 12.9. The summed E-state index contributed by atoms with van der Waals surface area (Å²) in [6.45, 7) is 3.86. The fraction of sp³-hybridized carbons (Fsp3) is 0.294. The highest BCUT2D eigenvalue weighted by molar-refractivity contribution is 7.13. The molecule has 3 aromatic rings. The summed E-state index contributed by atoms with van der Waals surface area (Å²) in [5.41, 5.74) is 1.88. The minimum Gasteiger partial charge on any atom is -0.439 e. The number of para-hydroxylation sites is 2. The number of aryl methyl sites for hydroxylation is 2. The third-order valence-corrected chi connectivity index (χ3v) is 4.71. The van der Waals surface area contributed by atoms with Crippen LogP contribution in [0.5, 0.6) is 0 Å². The van der Waals surface area contributed by atoms with Gasteiger partial charge in [0.1, 0.15) is 5.52 Å². The van der Waals surface area contributed by atoms with Gasteiger partial charge < -0.3 is 4.42 Å². The third-order valence-electron chi connectivity index (χ3n) is 3.48. The van der Waals surface area contributed by atoms with Crippen LogP contribution in [-0.2, 0) is 6.42 Å². The number of thiazole rings is 1. The maximum absolute atomic E-state index is 12.7. The topological polar surface area (TPSA) is 79.8 Å². The third kappa shape index (κ3) is 2.88. The molecule has 0 aliphatic rings. The number of nitriles is 1. The molecule has 0 amide bonds. The lowest BCUT2D eigenvalue weighted by atomic mass is 10.0. The van der Waals surface area contributed by atoms with Crippen LogP contribution in [0, 0.1) is 18.3 Å². The molecule has 0 N–H and O–H groups in total. The first-order valence-corrected chi connectivity index (χ1v) is 8.21. The number of Topliss-reactive ketones (excluding diaryl/α,β-unsaturated/α-hetero) is 1. The normalized spacial score (nSPS) is 12.2. The van der Waals surface area contributed by atoms with Crippen molar-refractivity contribution in [1.82, 2.24) is 9.97 Å². The summed E-state index contributed by atoms with van der Waals surface area (Å²) in [4.78, 5) is 21.9. The molecule has 0 unspecified atom stereocenters. The van der Waals surface area contributed by atoms with E-state index < -0.39 is 5.92 Å². The standard InChI is InChI=1S/C17H15N3O2S/c1-3-6-14-19-10(2)16(23-14)15(21)11(9-18)17-20-12-7-4-5-8-13(12)22-17/h4-5,7-8,11H,3,6H2,1-2H3/t11-/m0/s1. The van der Waals surface area contributed by atoms with Gasteiger partial charge >= 0.3 is 0 Å². The Labute approximate surface area is 137 Å². The Bertz CT molecular complexity index is 871. The fourth-order valence-electron chi connectivity index (χ4n) is 2.37. The highest BCUT2D eigenvalue weighted by Gasteiger charge is 2.30. The summed E-state index contributed by atoms with van der Waals surface area (Å²) in [5.74, 6) is -1.20. The lowest BCUT2D eigenvalue weighted by molar-refractivity contribution is 0.0973. The molecular weight excluding hydrogens is 310 g/mol. The van der Waals surface area contributed by atoms with Crippen molar-refractivity contribution in [1.29, 1.82) is 5.26 Å². The van der Waals surface area contributed by atoms with E-state index in [0.717, 1.165) is 17.8 Å². The van der Waals surface area contributed by atoms with Gasteiger partial charge in [0.15, 0.2) is 11.5 Å². The highest BCUT2D eigenvalue weighted by atomic mass is 32.1. The van der Waals surface area contributed by atoms with Gasteiger partial charge in [-0.15, -0.1) is 11.3 Å². The van der Waals surface area contributed by atoms with Gasteiger partial charge in [0, 0.05) is 0 Å². The largest absolute Gasteiger partial charge is 0.439 e. The molecule has 116 valence electrons. The van der Waals surface area contributed by atoms with Gasteiger partial charge in [-0.05, 0) is 31.9 Å². The van der Waals surface area contributed by atoms with Gasteiger partial charge in [0.25, 0.3) is 0 Å². The summed E-state index contributed by atoms with van der Waals surface area (Å²) in [6.07, 6.45) is 1.80. The minimum absolute atomic E-state index is 0.142. The Morgan fingerprint density at radius 3 is 2.87 bits per heavy atom. The minimum atomic E-state index is -1.05. The number of carbonyl (C=O) groups excluding carboxylic acids is 1. The summed E-state index contributed by atoms with van der Waals surface area (Å²) >= 11 is 1.36. The molecule has 0 spiro atoms. The van der Waals surface area contributed by atoms with E-state index in [4.69, 9.17) is 4.42 Å². The number of benzene rings is 1. The number of rotatable bonds is 5. The van der Waals surface area contributed by atoms with Crippen molar-refractivity contribution in [2.45, 2.75) is 32.6 Å². The van der Waals surface area contributed by atoms with Gasteiger partial charge in [0.2, 0.25) is 11.7 Å². The van der Waals surface area contributed by atoms with E-state index in [-0.39, 0.29) is 11.7 Å². The molecule has 0 aliphatic heterocycles. The smallest absolute Gasteiger partial charge is 0.220 e. The Kier molecular flexibility index (Phi) is 4.22. The van der Waals surface area contributed by atoms with Crippen LogP contribution in [-0.4, -0.2) is 15.8 Å².